The Kier molecular flexibility index (Phi) is 6.47. The first-order valence-electron chi connectivity index (χ1n) is 10.0. The van der Waals surface area contributed by atoms with Gasteiger partial charge in [-0.1, -0.05) is 18.2 Å². The lowest BCUT2D eigenvalue weighted by Gasteiger charge is -2.07. The van der Waals surface area contributed by atoms with Crippen LogP contribution in [-0.4, -0.2) is 32.1 Å². The van der Waals surface area contributed by atoms with Crippen molar-refractivity contribution in [3.63, 3.8) is 0 Å². The van der Waals surface area contributed by atoms with Gasteiger partial charge in [0.05, 0.1) is 19.2 Å². The summed E-state index contributed by atoms with van der Waals surface area (Å²) in [4.78, 5) is 24.4. The summed E-state index contributed by atoms with van der Waals surface area (Å²) < 4.78 is 12.7. The summed E-state index contributed by atoms with van der Waals surface area (Å²) in [6.07, 6.45) is 5.79. The van der Waals surface area contributed by atoms with Gasteiger partial charge in [0.25, 0.3) is 0 Å². The molecule has 0 radical (unpaired) electrons. The van der Waals surface area contributed by atoms with Crippen LogP contribution in [0.25, 0.3) is 22.5 Å². The number of aromatic nitrogens is 4. The predicted molar refractivity (Wildman–Crippen MR) is 117 cm³/mol. The number of benzene rings is 1. The van der Waals surface area contributed by atoms with E-state index < -0.39 is 0 Å². The van der Waals surface area contributed by atoms with Gasteiger partial charge in [0, 0.05) is 18.5 Å². The molecule has 2 N–H and O–H groups in total. The summed E-state index contributed by atoms with van der Waals surface area (Å²) >= 11 is 5.87. The lowest BCUT2D eigenvalue weighted by molar-refractivity contribution is -0.143. The quantitative estimate of drug-likeness (QED) is 0.235. The van der Waals surface area contributed by atoms with Gasteiger partial charge in [-0.05, 0) is 54.6 Å². The minimum atomic E-state index is -0.205. The van der Waals surface area contributed by atoms with Gasteiger partial charge in [0.15, 0.2) is 11.5 Å². The molecule has 0 spiro atoms. The van der Waals surface area contributed by atoms with Crippen LogP contribution in [0.3, 0.4) is 0 Å². The van der Waals surface area contributed by atoms with Crippen LogP contribution in [0.2, 0.25) is 5.28 Å². The van der Waals surface area contributed by atoms with E-state index in [-0.39, 0.29) is 17.1 Å². The Balaban J connectivity index is 1.19. The van der Waals surface area contributed by atoms with Gasteiger partial charge in [0.1, 0.15) is 11.3 Å². The van der Waals surface area contributed by atoms with Crippen molar-refractivity contribution in [1.29, 1.82) is 0 Å². The van der Waals surface area contributed by atoms with Gasteiger partial charge in [-0.2, -0.15) is 9.97 Å². The van der Waals surface area contributed by atoms with Gasteiger partial charge >= 0.3 is 5.97 Å². The largest absolute Gasteiger partial charge is 0.466 e. The second kappa shape index (κ2) is 9.61. The number of halogens is 1. The minimum Gasteiger partial charge on any atom is -0.466 e. The van der Waals surface area contributed by atoms with Crippen LogP contribution in [0, 0.1) is 0 Å². The molecule has 9 heteroatoms. The lowest BCUT2D eigenvalue weighted by atomic mass is 10.1. The highest BCUT2D eigenvalue weighted by atomic mass is 35.5. The molecule has 0 fully saturated rings. The summed E-state index contributed by atoms with van der Waals surface area (Å²) in [7, 11) is 0. The molecule has 0 aliphatic carbocycles. The summed E-state index contributed by atoms with van der Waals surface area (Å²) in [5.74, 6) is 0.868. The molecular formula is C22H22ClN5O3. The average molecular weight is 440 g/mol. The lowest BCUT2D eigenvalue weighted by Crippen LogP contribution is -2.08. The van der Waals surface area contributed by atoms with Crippen molar-refractivity contribution in [1.82, 2.24) is 19.5 Å². The summed E-state index contributed by atoms with van der Waals surface area (Å²) in [6, 6.07) is 11.7. The number of aryl methyl sites for hydroxylation is 2. The molecule has 0 saturated carbocycles. The van der Waals surface area contributed by atoms with Gasteiger partial charge < -0.3 is 19.5 Å². The molecule has 0 aliphatic heterocycles. The third-order valence-electron chi connectivity index (χ3n) is 4.87. The van der Waals surface area contributed by atoms with Crippen molar-refractivity contribution in [2.24, 2.45) is 0 Å². The number of carbonyl (C=O) groups is 1. The van der Waals surface area contributed by atoms with Crippen molar-refractivity contribution in [3.05, 3.63) is 59.8 Å². The van der Waals surface area contributed by atoms with E-state index in [4.69, 9.17) is 26.5 Å². The van der Waals surface area contributed by atoms with Gasteiger partial charge in [-0.3, -0.25) is 4.79 Å². The maximum atomic E-state index is 12.1. The zero-order chi connectivity index (χ0) is 21.6. The second-order valence-electron chi connectivity index (χ2n) is 7.09. The van der Waals surface area contributed by atoms with E-state index in [1.54, 1.807) is 12.6 Å². The third kappa shape index (κ3) is 5.21. The first kappa shape index (κ1) is 20.9. The number of esters is 1. The number of carbonyl (C=O) groups excluding carboxylic acids is 1. The topological polar surface area (TPSA) is 109 Å². The number of hydrogen-bond donors (Lipinski definition) is 1. The number of rotatable bonds is 9. The van der Waals surface area contributed by atoms with Crippen molar-refractivity contribution in [2.45, 2.75) is 32.2 Å². The van der Waals surface area contributed by atoms with Gasteiger partial charge in [-0.15, -0.1) is 0 Å². The fourth-order valence-electron chi connectivity index (χ4n) is 3.31. The number of unbranched alkanes of at least 4 members (excludes halogenated alkanes) is 1. The summed E-state index contributed by atoms with van der Waals surface area (Å²) in [6.45, 7) is 1.04. The molecule has 8 nitrogen and oxygen atoms in total. The standard InChI is InChI=1S/C22H22ClN5O3/c23-22-26-20(24)19-21(27-22)28(14-25-19)10-1-2-11-31-18(29)9-8-15-5-3-6-16(13-15)17-7-4-12-30-17/h3-7,12-14H,1-2,8-11H2,(H2,24,26,27). The summed E-state index contributed by atoms with van der Waals surface area (Å²) in [5, 5.41) is 0.0929. The number of ether oxygens (including phenoxy) is 1. The van der Waals surface area contributed by atoms with Gasteiger partial charge in [-0.25, -0.2) is 4.98 Å². The van der Waals surface area contributed by atoms with E-state index in [2.05, 4.69) is 15.0 Å². The van der Waals surface area contributed by atoms with E-state index >= 15 is 0 Å². The van der Waals surface area contributed by atoms with Crippen LogP contribution in [0.5, 0.6) is 0 Å². The van der Waals surface area contributed by atoms with E-state index in [0.29, 0.717) is 37.2 Å². The Morgan fingerprint density at radius 3 is 2.94 bits per heavy atom. The smallest absolute Gasteiger partial charge is 0.306 e. The Hall–Kier alpha value is -3.39. The zero-order valence-electron chi connectivity index (χ0n) is 16.8. The monoisotopic (exact) mass is 439 g/mol. The predicted octanol–water partition coefficient (Wildman–Crippen LogP) is 4.28. The summed E-state index contributed by atoms with van der Waals surface area (Å²) in [5.41, 5.74) is 9.01. The van der Waals surface area contributed by atoms with E-state index in [9.17, 15) is 4.79 Å². The average Bonchev–Trinajstić information content (AvgIpc) is 3.43. The molecule has 4 aromatic rings. The molecule has 160 valence electrons. The molecular weight excluding hydrogens is 418 g/mol. The first-order valence-corrected chi connectivity index (χ1v) is 10.4. The van der Waals surface area contributed by atoms with Crippen LogP contribution in [0.1, 0.15) is 24.8 Å². The maximum absolute atomic E-state index is 12.1. The zero-order valence-corrected chi connectivity index (χ0v) is 17.6. The molecule has 0 amide bonds. The number of nitrogens with zero attached hydrogens (tertiary/aromatic N) is 4. The van der Waals surface area contributed by atoms with Crippen molar-refractivity contribution in [2.75, 3.05) is 12.3 Å². The SMILES string of the molecule is Nc1nc(Cl)nc2c1ncn2CCCCOC(=O)CCc1cccc(-c2ccco2)c1. The maximum Gasteiger partial charge on any atom is 0.306 e. The number of anilines is 1. The van der Waals surface area contributed by atoms with E-state index in [0.717, 1.165) is 29.7 Å². The fourth-order valence-corrected chi connectivity index (χ4v) is 3.48. The molecule has 4 rings (SSSR count). The molecule has 0 saturated heterocycles. The van der Waals surface area contributed by atoms with Gasteiger partial charge in [0.2, 0.25) is 5.28 Å². The molecule has 0 unspecified atom stereocenters. The molecule has 3 aromatic heterocycles. The molecule has 0 atom stereocenters. The molecule has 3 heterocycles. The first-order chi connectivity index (χ1) is 15.1. The van der Waals surface area contributed by atoms with Crippen LogP contribution in [0.15, 0.2) is 53.4 Å². The number of furan rings is 1. The van der Waals surface area contributed by atoms with Crippen molar-refractivity contribution in [3.8, 4) is 11.3 Å². The molecule has 0 bridgehead atoms. The number of hydrogen-bond acceptors (Lipinski definition) is 7. The normalized spacial score (nSPS) is 11.1. The highest BCUT2D eigenvalue weighted by Crippen LogP contribution is 2.21. The van der Waals surface area contributed by atoms with Crippen LogP contribution in [0.4, 0.5) is 5.82 Å². The van der Waals surface area contributed by atoms with E-state index in [1.807, 2.05) is 41.0 Å². The number of fused-ring (bicyclic) bond motifs is 1. The Morgan fingerprint density at radius 2 is 2.10 bits per heavy atom. The van der Waals surface area contributed by atoms with E-state index in [1.165, 1.54) is 0 Å². The Labute approximate surface area is 184 Å². The minimum absolute atomic E-state index is 0.0929. The molecule has 1 aromatic carbocycles. The van der Waals surface area contributed by atoms with Crippen LogP contribution in [-0.2, 0) is 22.5 Å². The third-order valence-corrected chi connectivity index (χ3v) is 5.04. The second-order valence-corrected chi connectivity index (χ2v) is 7.43. The molecule has 0 aliphatic rings. The highest BCUT2D eigenvalue weighted by molar-refractivity contribution is 6.28. The van der Waals surface area contributed by atoms with Crippen LogP contribution >= 0.6 is 11.6 Å². The van der Waals surface area contributed by atoms with Crippen molar-refractivity contribution < 1.29 is 13.9 Å². The number of nitrogen functional groups attached to an aromatic ring is 1. The Morgan fingerprint density at radius 1 is 1.19 bits per heavy atom. The fraction of sp³-hybridized carbons (Fsp3) is 0.273. The van der Waals surface area contributed by atoms with Crippen LogP contribution < -0.4 is 5.73 Å². The Bertz CT molecular complexity index is 1170. The molecule has 31 heavy (non-hydrogen) atoms. The van der Waals surface area contributed by atoms with Crippen molar-refractivity contribution >= 4 is 34.6 Å². The number of nitrogens with two attached hydrogens (primary N) is 1. The number of imidazole rings is 1. The highest BCUT2D eigenvalue weighted by Gasteiger charge is 2.10.